The molecule has 2 aromatic carbocycles. The first kappa shape index (κ1) is 18.0. The molecule has 3 nitrogen and oxygen atoms in total. The lowest BCUT2D eigenvalue weighted by molar-refractivity contribution is -0.111. The molecule has 0 aliphatic carbocycles. The van der Waals surface area contributed by atoms with Crippen LogP contribution in [0.25, 0.3) is 17.3 Å². The Morgan fingerprint density at radius 2 is 1.80 bits per heavy atom. The van der Waals surface area contributed by atoms with Gasteiger partial charge in [-0.05, 0) is 35.9 Å². The van der Waals surface area contributed by atoms with Crippen LogP contribution in [0.2, 0.25) is 15.1 Å². The Kier molecular flexibility index (Phi) is 5.76. The Labute approximate surface area is 163 Å². The van der Waals surface area contributed by atoms with E-state index in [0.29, 0.717) is 20.2 Å². The molecule has 7 heteroatoms. The van der Waals surface area contributed by atoms with E-state index >= 15 is 0 Å². The van der Waals surface area contributed by atoms with Gasteiger partial charge in [-0.2, -0.15) is 0 Å². The lowest BCUT2D eigenvalue weighted by Crippen LogP contribution is -2.07. The van der Waals surface area contributed by atoms with Gasteiger partial charge >= 0.3 is 0 Å². The van der Waals surface area contributed by atoms with Gasteiger partial charge in [-0.25, -0.2) is 4.98 Å². The average Bonchev–Trinajstić information content (AvgIpc) is 3.05. The van der Waals surface area contributed by atoms with Crippen molar-refractivity contribution in [3.05, 3.63) is 74.6 Å². The topological polar surface area (TPSA) is 42.0 Å². The zero-order valence-corrected chi connectivity index (χ0v) is 15.8. The van der Waals surface area contributed by atoms with Crippen LogP contribution in [0.3, 0.4) is 0 Å². The molecule has 0 aliphatic rings. The first-order valence-corrected chi connectivity index (χ1v) is 9.18. The predicted octanol–water partition coefficient (Wildman–Crippen LogP) is 6.42. The van der Waals surface area contributed by atoms with Gasteiger partial charge in [-0.1, -0.05) is 53.0 Å². The first-order chi connectivity index (χ1) is 12.0. The predicted molar refractivity (Wildman–Crippen MR) is 107 cm³/mol. The van der Waals surface area contributed by atoms with Crippen molar-refractivity contribution >= 4 is 63.3 Å². The molecule has 1 aromatic heterocycles. The SMILES string of the molecule is O=C(/C=C/c1ccc(Cl)cc1)Nc1nc(-c2ccc(Cl)c(Cl)c2)cs1. The summed E-state index contributed by atoms with van der Waals surface area (Å²) in [6.45, 7) is 0. The van der Waals surface area contributed by atoms with E-state index in [2.05, 4.69) is 10.3 Å². The van der Waals surface area contributed by atoms with Gasteiger partial charge < -0.3 is 0 Å². The van der Waals surface area contributed by atoms with Crippen molar-refractivity contribution in [2.24, 2.45) is 0 Å². The molecule has 0 saturated carbocycles. The van der Waals surface area contributed by atoms with Crippen LogP contribution in [0.5, 0.6) is 0 Å². The van der Waals surface area contributed by atoms with E-state index in [4.69, 9.17) is 34.8 Å². The second-order valence-electron chi connectivity index (χ2n) is 5.04. The zero-order valence-electron chi connectivity index (χ0n) is 12.7. The Balaban J connectivity index is 1.67. The number of halogens is 3. The minimum Gasteiger partial charge on any atom is -0.298 e. The highest BCUT2D eigenvalue weighted by atomic mass is 35.5. The summed E-state index contributed by atoms with van der Waals surface area (Å²) in [6, 6.07) is 12.5. The van der Waals surface area contributed by atoms with Crippen molar-refractivity contribution in [3.8, 4) is 11.3 Å². The molecule has 0 aliphatic heterocycles. The van der Waals surface area contributed by atoms with Gasteiger partial charge in [0.05, 0.1) is 15.7 Å². The van der Waals surface area contributed by atoms with E-state index in [9.17, 15) is 4.79 Å². The third-order valence-electron chi connectivity index (χ3n) is 3.25. The zero-order chi connectivity index (χ0) is 17.8. The number of carbonyl (C=O) groups is 1. The second-order valence-corrected chi connectivity index (χ2v) is 7.15. The summed E-state index contributed by atoms with van der Waals surface area (Å²) in [4.78, 5) is 16.4. The van der Waals surface area contributed by atoms with Crippen LogP contribution in [0, 0.1) is 0 Å². The summed E-state index contributed by atoms with van der Waals surface area (Å²) in [6.07, 6.45) is 3.16. The van der Waals surface area contributed by atoms with Gasteiger partial charge in [0.1, 0.15) is 0 Å². The molecule has 0 spiro atoms. The third kappa shape index (κ3) is 4.83. The number of hydrogen-bond acceptors (Lipinski definition) is 3. The van der Waals surface area contributed by atoms with Crippen molar-refractivity contribution in [2.45, 2.75) is 0 Å². The third-order valence-corrected chi connectivity index (χ3v) is 5.00. The van der Waals surface area contributed by atoms with Gasteiger partial charge in [-0.3, -0.25) is 10.1 Å². The quantitative estimate of drug-likeness (QED) is 0.505. The van der Waals surface area contributed by atoms with Crippen LogP contribution < -0.4 is 5.32 Å². The number of rotatable bonds is 4. The normalized spacial score (nSPS) is 11.0. The van der Waals surface area contributed by atoms with E-state index in [1.165, 1.54) is 17.4 Å². The molecule has 0 radical (unpaired) electrons. The summed E-state index contributed by atoms with van der Waals surface area (Å²) in [5, 5.41) is 6.69. The van der Waals surface area contributed by atoms with Crippen LogP contribution in [-0.4, -0.2) is 10.9 Å². The smallest absolute Gasteiger partial charge is 0.250 e. The highest BCUT2D eigenvalue weighted by molar-refractivity contribution is 7.14. The Morgan fingerprint density at radius 3 is 2.52 bits per heavy atom. The van der Waals surface area contributed by atoms with Crippen molar-refractivity contribution in [1.29, 1.82) is 0 Å². The van der Waals surface area contributed by atoms with Crippen LogP contribution in [0.1, 0.15) is 5.56 Å². The van der Waals surface area contributed by atoms with Gasteiger partial charge in [0, 0.05) is 22.0 Å². The average molecular weight is 410 g/mol. The molecular weight excluding hydrogens is 399 g/mol. The summed E-state index contributed by atoms with van der Waals surface area (Å²) >= 11 is 19.1. The van der Waals surface area contributed by atoms with E-state index < -0.39 is 0 Å². The standard InChI is InChI=1S/C18H11Cl3N2OS/c19-13-5-1-11(2-6-13)3-8-17(24)23-18-22-16(10-25-18)12-4-7-14(20)15(21)9-12/h1-10H,(H,22,23,24)/b8-3+. The van der Waals surface area contributed by atoms with Crippen LogP contribution in [0.15, 0.2) is 53.9 Å². The second kappa shape index (κ2) is 8.02. The van der Waals surface area contributed by atoms with Crippen LogP contribution >= 0.6 is 46.1 Å². The molecular formula is C18H11Cl3N2OS. The number of nitrogens with one attached hydrogen (secondary N) is 1. The number of aromatic nitrogens is 1. The molecule has 3 rings (SSSR count). The fourth-order valence-corrected chi connectivity index (χ4v) is 3.16. The first-order valence-electron chi connectivity index (χ1n) is 7.17. The summed E-state index contributed by atoms with van der Waals surface area (Å²) in [5.74, 6) is -0.259. The number of amides is 1. The fraction of sp³-hybridized carbons (Fsp3) is 0. The summed E-state index contributed by atoms with van der Waals surface area (Å²) in [7, 11) is 0. The number of carbonyl (C=O) groups excluding carboxylic acids is 1. The van der Waals surface area contributed by atoms with Gasteiger partial charge in [0.15, 0.2) is 5.13 Å². The molecule has 3 aromatic rings. The van der Waals surface area contributed by atoms with Crippen molar-refractivity contribution in [2.75, 3.05) is 5.32 Å². The van der Waals surface area contributed by atoms with E-state index in [1.807, 2.05) is 23.6 Å². The maximum Gasteiger partial charge on any atom is 0.250 e. The molecule has 0 bridgehead atoms. The van der Waals surface area contributed by atoms with Gasteiger partial charge in [0.25, 0.3) is 0 Å². The summed E-state index contributed by atoms with van der Waals surface area (Å²) < 4.78 is 0. The highest BCUT2D eigenvalue weighted by Crippen LogP contribution is 2.30. The van der Waals surface area contributed by atoms with Gasteiger partial charge in [0.2, 0.25) is 5.91 Å². The lowest BCUT2D eigenvalue weighted by Gasteiger charge is -2.00. The molecule has 0 unspecified atom stereocenters. The Bertz CT molecular complexity index is 936. The maximum atomic E-state index is 12.0. The minimum atomic E-state index is -0.259. The molecule has 1 heterocycles. The maximum absolute atomic E-state index is 12.0. The van der Waals surface area contributed by atoms with E-state index in [1.54, 1.807) is 30.3 Å². The molecule has 126 valence electrons. The molecule has 0 fully saturated rings. The van der Waals surface area contributed by atoms with Crippen LogP contribution in [-0.2, 0) is 4.79 Å². The number of thiazole rings is 1. The molecule has 0 atom stereocenters. The molecule has 25 heavy (non-hydrogen) atoms. The molecule has 1 amide bonds. The van der Waals surface area contributed by atoms with Gasteiger partial charge in [-0.15, -0.1) is 11.3 Å². The number of benzene rings is 2. The van der Waals surface area contributed by atoms with E-state index in [0.717, 1.165) is 16.8 Å². The number of anilines is 1. The molecule has 0 saturated heterocycles. The monoisotopic (exact) mass is 408 g/mol. The van der Waals surface area contributed by atoms with Crippen molar-refractivity contribution in [3.63, 3.8) is 0 Å². The Morgan fingerprint density at radius 1 is 1.04 bits per heavy atom. The lowest BCUT2D eigenvalue weighted by atomic mass is 10.2. The number of hydrogen-bond donors (Lipinski definition) is 1. The Hall–Kier alpha value is -1.85. The van der Waals surface area contributed by atoms with E-state index in [-0.39, 0.29) is 5.91 Å². The van der Waals surface area contributed by atoms with Crippen molar-refractivity contribution < 1.29 is 4.79 Å². The van der Waals surface area contributed by atoms with Crippen LogP contribution in [0.4, 0.5) is 5.13 Å². The minimum absolute atomic E-state index is 0.259. The number of nitrogens with zero attached hydrogens (tertiary/aromatic N) is 1. The molecule has 1 N–H and O–H groups in total. The highest BCUT2D eigenvalue weighted by Gasteiger charge is 2.08. The van der Waals surface area contributed by atoms with Crippen molar-refractivity contribution in [1.82, 2.24) is 4.98 Å². The fourth-order valence-electron chi connectivity index (χ4n) is 2.01. The summed E-state index contributed by atoms with van der Waals surface area (Å²) in [5.41, 5.74) is 2.44. The largest absolute Gasteiger partial charge is 0.298 e.